The maximum Gasteiger partial charge on any atom is 0.265 e. The summed E-state index contributed by atoms with van der Waals surface area (Å²) in [4.78, 5) is 20.3. The van der Waals surface area contributed by atoms with Gasteiger partial charge in [-0.2, -0.15) is 0 Å². The van der Waals surface area contributed by atoms with Crippen molar-refractivity contribution in [1.82, 2.24) is 14.3 Å². The standard InChI is InChI=1S/C18H22N4O2S/c1-12-15(17(23)21(2)3)25-18-20-14(13-8-6-5-7-9-13)16(22(12)18)19-10-11-24-4/h5-9,19H,10-11H2,1-4H3. The fourth-order valence-electron chi connectivity index (χ4n) is 2.68. The van der Waals surface area contributed by atoms with Gasteiger partial charge < -0.3 is 15.0 Å². The molecular weight excluding hydrogens is 336 g/mol. The molecule has 1 amide bonds. The molecule has 0 aliphatic carbocycles. The minimum Gasteiger partial charge on any atom is -0.383 e. The third kappa shape index (κ3) is 3.25. The van der Waals surface area contributed by atoms with Crippen molar-refractivity contribution in [3.8, 4) is 11.3 Å². The van der Waals surface area contributed by atoms with Crippen LogP contribution in [0.3, 0.4) is 0 Å². The van der Waals surface area contributed by atoms with Crippen LogP contribution in [0, 0.1) is 6.92 Å². The Hall–Kier alpha value is -2.38. The maximum atomic E-state index is 12.4. The Balaban J connectivity index is 2.14. The summed E-state index contributed by atoms with van der Waals surface area (Å²) < 4.78 is 7.18. The maximum absolute atomic E-state index is 12.4. The summed E-state index contributed by atoms with van der Waals surface area (Å²) in [5, 5.41) is 3.42. The molecule has 0 radical (unpaired) electrons. The van der Waals surface area contributed by atoms with E-state index in [0.29, 0.717) is 18.0 Å². The molecule has 0 aliphatic rings. The highest BCUT2D eigenvalue weighted by molar-refractivity contribution is 7.19. The largest absolute Gasteiger partial charge is 0.383 e. The van der Waals surface area contributed by atoms with E-state index in [1.54, 1.807) is 26.1 Å². The van der Waals surface area contributed by atoms with Gasteiger partial charge in [-0.25, -0.2) is 4.98 Å². The molecular formula is C18H22N4O2S. The van der Waals surface area contributed by atoms with Crippen molar-refractivity contribution in [3.63, 3.8) is 0 Å². The van der Waals surface area contributed by atoms with Crippen LogP contribution in [0.5, 0.6) is 0 Å². The second kappa shape index (κ2) is 7.25. The third-order valence-corrected chi connectivity index (χ3v) is 5.08. The number of hydrogen-bond donors (Lipinski definition) is 1. The van der Waals surface area contributed by atoms with Crippen molar-refractivity contribution in [2.24, 2.45) is 0 Å². The number of nitrogens with one attached hydrogen (secondary N) is 1. The fourth-order valence-corrected chi connectivity index (χ4v) is 3.83. The number of ether oxygens (including phenoxy) is 1. The Kier molecular flexibility index (Phi) is 5.06. The van der Waals surface area contributed by atoms with Gasteiger partial charge in [0.15, 0.2) is 4.96 Å². The van der Waals surface area contributed by atoms with Gasteiger partial charge >= 0.3 is 0 Å². The van der Waals surface area contributed by atoms with E-state index < -0.39 is 0 Å². The lowest BCUT2D eigenvalue weighted by Gasteiger charge is -2.11. The van der Waals surface area contributed by atoms with Gasteiger partial charge in [0.1, 0.15) is 16.4 Å². The Bertz CT molecular complexity index is 884. The van der Waals surface area contributed by atoms with Crippen molar-refractivity contribution in [2.45, 2.75) is 6.92 Å². The van der Waals surface area contributed by atoms with Crippen molar-refractivity contribution < 1.29 is 9.53 Å². The van der Waals surface area contributed by atoms with E-state index in [1.807, 2.05) is 41.7 Å². The quantitative estimate of drug-likeness (QED) is 0.688. The topological polar surface area (TPSA) is 58.9 Å². The number of benzene rings is 1. The summed E-state index contributed by atoms with van der Waals surface area (Å²) in [5.74, 6) is 0.891. The molecule has 0 unspecified atom stereocenters. The molecule has 0 bridgehead atoms. The minimum atomic E-state index is -0.00268. The highest BCUT2D eigenvalue weighted by Gasteiger charge is 2.23. The van der Waals surface area contributed by atoms with E-state index in [-0.39, 0.29) is 5.91 Å². The minimum absolute atomic E-state index is 0.00268. The fraction of sp³-hybridized carbons (Fsp3) is 0.333. The van der Waals surface area contributed by atoms with Gasteiger partial charge in [-0.3, -0.25) is 9.20 Å². The molecule has 6 nitrogen and oxygen atoms in total. The first-order valence-corrected chi connectivity index (χ1v) is 8.88. The van der Waals surface area contributed by atoms with Crippen LogP contribution in [0.15, 0.2) is 30.3 Å². The van der Waals surface area contributed by atoms with Crippen LogP contribution in [-0.4, -0.2) is 54.5 Å². The van der Waals surface area contributed by atoms with E-state index in [0.717, 1.165) is 27.7 Å². The molecule has 1 aromatic carbocycles. The van der Waals surface area contributed by atoms with Crippen molar-refractivity contribution >= 4 is 28.0 Å². The predicted octanol–water partition coefficient (Wildman–Crippen LogP) is 3.13. The Morgan fingerprint density at radius 1 is 1.32 bits per heavy atom. The number of hydrogen-bond acceptors (Lipinski definition) is 5. The molecule has 132 valence electrons. The molecule has 2 aromatic heterocycles. The zero-order valence-electron chi connectivity index (χ0n) is 14.9. The molecule has 0 atom stereocenters. The van der Waals surface area contributed by atoms with E-state index in [9.17, 15) is 4.79 Å². The predicted molar refractivity (Wildman–Crippen MR) is 102 cm³/mol. The average molecular weight is 358 g/mol. The number of carbonyl (C=O) groups excluding carboxylic acids is 1. The Morgan fingerprint density at radius 3 is 2.68 bits per heavy atom. The van der Waals surface area contributed by atoms with Gasteiger partial charge in [0, 0.05) is 39.0 Å². The van der Waals surface area contributed by atoms with E-state index in [2.05, 4.69) is 5.32 Å². The molecule has 3 aromatic rings. The summed E-state index contributed by atoms with van der Waals surface area (Å²) in [6.45, 7) is 3.21. The van der Waals surface area contributed by atoms with E-state index >= 15 is 0 Å². The van der Waals surface area contributed by atoms with Crippen LogP contribution in [-0.2, 0) is 4.74 Å². The van der Waals surface area contributed by atoms with Crippen LogP contribution < -0.4 is 5.32 Å². The van der Waals surface area contributed by atoms with Crippen LogP contribution >= 0.6 is 11.3 Å². The zero-order chi connectivity index (χ0) is 18.0. The summed E-state index contributed by atoms with van der Waals surface area (Å²) in [5.41, 5.74) is 2.82. The Morgan fingerprint density at radius 2 is 2.04 bits per heavy atom. The van der Waals surface area contributed by atoms with Gasteiger partial charge in [-0.1, -0.05) is 41.7 Å². The van der Waals surface area contributed by atoms with Gasteiger partial charge in [-0.05, 0) is 6.92 Å². The number of rotatable bonds is 6. The number of amides is 1. The molecule has 0 saturated heterocycles. The lowest BCUT2D eigenvalue weighted by molar-refractivity contribution is 0.0831. The van der Waals surface area contributed by atoms with Gasteiger partial charge in [0.05, 0.1) is 6.61 Å². The molecule has 2 heterocycles. The van der Waals surface area contributed by atoms with Crippen molar-refractivity contribution in [3.05, 3.63) is 40.9 Å². The number of aromatic nitrogens is 2. The molecule has 3 rings (SSSR count). The number of methoxy groups -OCH3 is 1. The highest BCUT2D eigenvalue weighted by Crippen LogP contribution is 2.34. The zero-order valence-corrected chi connectivity index (χ0v) is 15.7. The van der Waals surface area contributed by atoms with Crippen LogP contribution in [0.25, 0.3) is 16.2 Å². The second-order valence-electron chi connectivity index (χ2n) is 5.93. The first kappa shape index (κ1) is 17.4. The third-order valence-electron chi connectivity index (χ3n) is 3.95. The van der Waals surface area contributed by atoms with Gasteiger partial charge in [0.25, 0.3) is 5.91 Å². The van der Waals surface area contributed by atoms with Gasteiger partial charge in [0.2, 0.25) is 0 Å². The van der Waals surface area contributed by atoms with E-state index in [1.165, 1.54) is 11.3 Å². The number of carbonyl (C=O) groups is 1. The smallest absolute Gasteiger partial charge is 0.265 e. The number of fused-ring (bicyclic) bond motifs is 1. The lowest BCUT2D eigenvalue weighted by Crippen LogP contribution is -2.21. The van der Waals surface area contributed by atoms with Crippen LogP contribution in [0.1, 0.15) is 15.4 Å². The van der Waals surface area contributed by atoms with Crippen LogP contribution in [0.2, 0.25) is 0 Å². The number of imidazole rings is 1. The summed E-state index contributed by atoms with van der Waals surface area (Å²) in [6, 6.07) is 10.1. The molecule has 0 fully saturated rings. The number of thiazole rings is 1. The summed E-state index contributed by atoms with van der Waals surface area (Å²) in [7, 11) is 5.20. The number of aryl methyl sites for hydroxylation is 1. The van der Waals surface area contributed by atoms with Crippen LogP contribution in [0.4, 0.5) is 5.82 Å². The molecule has 1 N–H and O–H groups in total. The van der Waals surface area contributed by atoms with Crippen molar-refractivity contribution in [2.75, 3.05) is 39.7 Å². The Labute approximate surface area is 151 Å². The first-order chi connectivity index (χ1) is 12.0. The van der Waals surface area contributed by atoms with E-state index in [4.69, 9.17) is 9.72 Å². The highest BCUT2D eigenvalue weighted by atomic mass is 32.1. The molecule has 25 heavy (non-hydrogen) atoms. The first-order valence-electron chi connectivity index (χ1n) is 8.06. The average Bonchev–Trinajstić information content (AvgIpc) is 3.12. The summed E-state index contributed by atoms with van der Waals surface area (Å²) >= 11 is 1.42. The monoisotopic (exact) mass is 358 g/mol. The molecule has 0 spiro atoms. The SMILES string of the molecule is COCCNc1c(-c2ccccc2)nc2sc(C(=O)N(C)C)c(C)n12. The normalized spacial score (nSPS) is 11.0. The lowest BCUT2D eigenvalue weighted by atomic mass is 10.1. The molecule has 0 saturated carbocycles. The molecule has 0 aliphatic heterocycles. The number of nitrogens with zero attached hydrogens (tertiary/aromatic N) is 3. The summed E-state index contributed by atoms with van der Waals surface area (Å²) in [6.07, 6.45) is 0. The second-order valence-corrected chi connectivity index (χ2v) is 6.91. The number of anilines is 1. The van der Waals surface area contributed by atoms with Crippen molar-refractivity contribution in [1.29, 1.82) is 0 Å². The van der Waals surface area contributed by atoms with Gasteiger partial charge in [-0.15, -0.1) is 0 Å². The molecule has 7 heteroatoms.